The van der Waals surface area contributed by atoms with E-state index in [1.54, 1.807) is 64.1 Å². The summed E-state index contributed by atoms with van der Waals surface area (Å²) in [5.74, 6) is -1.58. The fraction of sp³-hybridized carbons (Fsp3) is 0.545. The van der Waals surface area contributed by atoms with Gasteiger partial charge in [0.2, 0.25) is 0 Å². The van der Waals surface area contributed by atoms with Crippen molar-refractivity contribution in [2.75, 3.05) is 0 Å². The van der Waals surface area contributed by atoms with Gasteiger partial charge in [0.25, 0.3) is 0 Å². The zero-order chi connectivity index (χ0) is 29.2. The molecule has 6 nitrogen and oxygen atoms in total. The SMILES string of the molecule is CC(C)=CCC1=C2O[C@@H](C(C)(C)O)C[C@]23C[C@@H](C=CC(C)(C)O)C(C)(C)[C@](C(=O)c2ccccc2)(C1=O)C3=O. The summed E-state index contributed by atoms with van der Waals surface area (Å²) in [6, 6.07) is 8.55. The van der Waals surface area contributed by atoms with E-state index < -0.39 is 56.8 Å². The van der Waals surface area contributed by atoms with E-state index in [9.17, 15) is 24.6 Å². The average molecular weight is 535 g/mol. The van der Waals surface area contributed by atoms with Crippen LogP contribution in [-0.2, 0) is 14.3 Å². The maximum absolute atomic E-state index is 15.0. The molecule has 2 aliphatic carbocycles. The van der Waals surface area contributed by atoms with Crippen molar-refractivity contribution in [2.45, 2.75) is 92.0 Å². The summed E-state index contributed by atoms with van der Waals surface area (Å²) in [6.45, 7) is 14.1. The first-order chi connectivity index (χ1) is 17.9. The van der Waals surface area contributed by atoms with Crippen LogP contribution in [0.1, 0.15) is 85.0 Å². The molecule has 1 heterocycles. The largest absolute Gasteiger partial charge is 0.490 e. The van der Waals surface area contributed by atoms with Gasteiger partial charge in [0.15, 0.2) is 22.8 Å². The van der Waals surface area contributed by atoms with Crippen LogP contribution >= 0.6 is 0 Å². The highest BCUT2D eigenvalue weighted by Crippen LogP contribution is 2.68. The second-order valence-corrected chi connectivity index (χ2v) is 13.5. The summed E-state index contributed by atoms with van der Waals surface area (Å²) < 4.78 is 6.36. The Labute approximate surface area is 231 Å². The van der Waals surface area contributed by atoms with Crippen molar-refractivity contribution in [2.24, 2.45) is 22.2 Å². The van der Waals surface area contributed by atoms with Crippen molar-refractivity contribution in [3.63, 3.8) is 0 Å². The molecule has 2 N–H and O–H groups in total. The molecular weight excluding hydrogens is 492 g/mol. The Kier molecular flexibility index (Phi) is 7.01. The first kappa shape index (κ1) is 29.2. The van der Waals surface area contributed by atoms with Gasteiger partial charge in [0, 0.05) is 17.6 Å². The molecule has 2 bridgehead atoms. The molecule has 1 aromatic carbocycles. The summed E-state index contributed by atoms with van der Waals surface area (Å²) in [5.41, 5.74) is -5.12. The monoisotopic (exact) mass is 534 g/mol. The van der Waals surface area contributed by atoms with Gasteiger partial charge in [-0.3, -0.25) is 14.4 Å². The van der Waals surface area contributed by atoms with Crippen molar-refractivity contribution in [3.8, 4) is 0 Å². The van der Waals surface area contributed by atoms with Crippen molar-refractivity contribution < 1.29 is 29.3 Å². The number of ether oxygens (including phenoxy) is 1. The standard InChI is InChI=1S/C33H42O6/c1-20(2)14-15-23-26(35)33(25(34)21-12-10-9-11-13-21)28(36)32(19-24(31(7,8)38)39-27(23)32)18-22(30(33,5)6)16-17-29(3,4)37/h9-14,16-17,22,24,37-38H,15,18-19H2,1-8H3/t22-,24-,32-,33-/m1/s1. The van der Waals surface area contributed by atoms with E-state index in [-0.39, 0.29) is 12.8 Å². The molecule has 0 radical (unpaired) electrons. The Bertz CT molecular complexity index is 1280. The summed E-state index contributed by atoms with van der Waals surface area (Å²) in [7, 11) is 0. The molecule has 3 aliphatic rings. The topological polar surface area (TPSA) is 101 Å². The lowest BCUT2D eigenvalue weighted by Crippen LogP contribution is -2.69. The average Bonchev–Trinajstić information content (AvgIpc) is 3.21. The number of allylic oxidation sites excluding steroid dienone is 5. The molecule has 1 spiro atoms. The lowest BCUT2D eigenvalue weighted by atomic mass is 9.40. The van der Waals surface area contributed by atoms with Gasteiger partial charge in [-0.2, -0.15) is 0 Å². The first-order valence-corrected chi connectivity index (χ1v) is 13.8. The van der Waals surface area contributed by atoms with Crippen LogP contribution < -0.4 is 0 Å². The van der Waals surface area contributed by atoms with Crippen molar-refractivity contribution in [1.82, 2.24) is 0 Å². The molecule has 6 heteroatoms. The molecule has 4 atom stereocenters. The van der Waals surface area contributed by atoms with Gasteiger partial charge in [0.1, 0.15) is 11.9 Å². The molecule has 1 aromatic rings. The highest BCUT2D eigenvalue weighted by atomic mass is 16.5. The smallest absolute Gasteiger partial charge is 0.184 e. The molecule has 0 amide bonds. The Morgan fingerprint density at radius 3 is 2.21 bits per heavy atom. The van der Waals surface area contributed by atoms with Gasteiger partial charge in [0.05, 0.1) is 16.6 Å². The number of carbonyl (C=O) groups is 3. The molecule has 2 fully saturated rings. The van der Waals surface area contributed by atoms with Gasteiger partial charge >= 0.3 is 0 Å². The Morgan fingerprint density at radius 1 is 1.05 bits per heavy atom. The maximum Gasteiger partial charge on any atom is 0.184 e. The van der Waals surface area contributed by atoms with Crippen LogP contribution in [0.4, 0.5) is 0 Å². The predicted molar refractivity (Wildman–Crippen MR) is 150 cm³/mol. The van der Waals surface area contributed by atoms with Gasteiger partial charge in [-0.05, 0) is 65.7 Å². The number of hydrogen-bond donors (Lipinski definition) is 2. The molecular formula is C33H42O6. The number of benzene rings is 1. The molecule has 1 saturated carbocycles. The van der Waals surface area contributed by atoms with Crippen LogP contribution in [-0.4, -0.2) is 44.9 Å². The zero-order valence-corrected chi connectivity index (χ0v) is 24.4. The fourth-order valence-corrected chi connectivity index (χ4v) is 6.67. The fourth-order valence-electron chi connectivity index (χ4n) is 6.67. The minimum atomic E-state index is -1.99. The van der Waals surface area contributed by atoms with Crippen molar-refractivity contribution >= 4 is 17.3 Å². The third kappa shape index (κ3) is 4.46. The number of Topliss-reactive ketones (excluding diaryl/α,β-unsaturated/α-hetero) is 3. The number of carbonyl (C=O) groups excluding carboxylic acids is 3. The van der Waals surface area contributed by atoms with E-state index in [1.807, 2.05) is 39.8 Å². The van der Waals surface area contributed by atoms with Crippen LogP contribution in [0.25, 0.3) is 0 Å². The van der Waals surface area contributed by atoms with E-state index >= 15 is 0 Å². The lowest BCUT2D eigenvalue weighted by molar-refractivity contribution is -0.160. The molecule has 39 heavy (non-hydrogen) atoms. The van der Waals surface area contributed by atoms with Crippen LogP contribution in [0, 0.1) is 22.2 Å². The quantitative estimate of drug-likeness (QED) is 0.271. The zero-order valence-electron chi connectivity index (χ0n) is 24.4. The normalized spacial score (nSPS) is 30.3. The molecule has 1 aliphatic heterocycles. The lowest BCUT2D eigenvalue weighted by Gasteiger charge is -2.58. The second-order valence-electron chi connectivity index (χ2n) is 13.5. The van der Waals surface area contributed by atoms with E-state index in [1.165, 1.54) is 0 Å². The molecule has 0 aromatic heterocycles. The van der Waals surface area contributed by atoms with Crippen molar-refractivity contribution in [1.29, 1.82) is 0 Å². The number of ketones is 3. The first-order valence-electron chi connectivity index (χ1n) is 13.8. The minimum Gasteiger partial charge on any atom is -0.490 e. The van der Waals surface area contributed by atoms with Crippen LogP contribution in [0.15, 0.2) is 65.5 Å². The Balaban J connectivity index is 2.08. The van der Waals surface area contributed by atoms with Gasteiger partial charge in [-0.25, -0.2) is 0 Å². The van der Waals surface area contributed by atoms with E-state index in [0.717, 1.165) is 5.57 Å². The Hall–Kier alpha value is -2.83. The highest BCUT2D eigenvalue weighted by Gasteiger charge is 2.77. The number of hydrogen-bond acceptors (Lipinski definition) is 6. The third-order valence-electron chi connectivity index (χ3n) is 8.97. The van der Waals surface area contributed by atoms with Crippen LogP contribution in [0.2, 0.25) is 0 Å². The molecule has 210 valence electrons. The summed E-state index contributed by atoms with van der Waals surface area (Å²) >= 11 is 0. The van der Waals surface area contributed by atoms with Crippen LogP contribution in [0.5, 0.6) is 0 Å². The molecule has 4 rings (SSSR count). The van der Waals surface area contributed by atoms with Crippen LogP contribution in [0.3, 0.4) is 0 Å². The number of fused-ring (bicyclic) bond motifs is 1. The number of rotatable bonds is 7. The van der Waals surface area contributed by atoms with E-state index in [2.05, 4.69) is 0 Å². The van der Waals surface area contributed by atoms with E-state index in [4.69, 9.17) is 4.74 Å². The minimum absolute atomic E-state index is 0.170. The molecule has 0 unspecified atom stereocenters. The summed E-state index contributed by atoms with van der Waals surface area (Å²) in [6.07, 6.45) is 5.42. The third-order valence-corrected chi connectivity index (χ3v) is 8.97. The van der Waals surface area contributed by atoms with Crippen molar-refractivity contribution in [3.05, 3.63) is 71.0 Å². The summed E-state index contributed by atoms with van der Waals surface area (Å²) in [5, 5.41) is 21.5. The van der Waals surface area contributed by atoms with Gasteiger partial charge in [-0.15, -0.1) is 0 Å². The van der Waals surface area contributed by atoms with Gasteiger partial charge in [-0.1, -0.05) is 68.0 Å². The maximum atomic E-state index is 15.0. The Morgan fingerprint density at radius 2 is 1.67 bits per heavy atom. The second kappa shape index (κ2) is 9.38. The highest BCUT2D eigenvalue weighted by molar-refractivity contribution is 6.36. The van der Waals surface area contributed by atoms with Gasteiger partial charge < -0.3 is 14.9 Å². The molecule has 1 saturated heterocycles. The predicted octanol–water partition coefficient (Wildman–Crippen LogP) is 5.54. The van der Waals surface area contributed by atoms with E-state index in [0.29, 0.717) is 23.3 Å². The summed E-state index contributed by atoms with van der Waals surface area (Å²) in [4.78, 5) is 44.4. The number of aliphatic hydroxyl groups is 2.